The molecule has 1 fully saturated rings. The van der Waals surface area contributed by atoms with Gasteiger partial charge in [0.1, 0.15) is 0 Å². The predicted molar refractivity (Wildman–Crippen MR) is 103 cm³/mol. The molecule has 1 aliphatic heterocycles. The van der Waals surface area contributed by atoms with Crippen molar-refractivity contribution in [3.05, 3.63) is 72.3 Å². The summed E-state index contributed by atoms with van der Waals surface area (Å²) in [4.78, 5) is 13.4. The van der Waals surface area contributed by atoms with Crippen LogP contribution in [-0.2, 0) is 4.79 Å². The molecule has 1 heterocycles. The minimum atomic E-state index is -3.51. The Hall–Kier alpha value is -2.18. The second-order valence-corrected chi connectivity index (χ2v) is 7.58. The minimum Gasteiger partial charge on any atom is -0.365 e. The van der Waals surface area contributed by atoms with Crippen molar-refractivity contribution in [2.45, 2.75) is 35.1 Å². The van der Waals surface area contributed by atoms with Crippen LogP contribution in [0.3, 0.4) is 0 Å². The van der Waals surface area contributed by atoms with Gasteiger partial charge in [0.15, 0.2) is 0 Å². The number of rotatable bonds is 7. The molecule has 27 heavy (non-hydrogen) atoms. The van der Waals surface area contributed by atoms with Crippen LogP contribution in [-0.4, -0.2) is 33.4 Å². The number of carbonyl (C=O) groups is 1. The summed E-state index contributed by atoms with van der Waals surface area (Å²) in [5.41, 5.74) is -1.49. The first-order chi connectivity index (χ1) is 12.9. The number of halogens is 2. The van der Waals surface area contributed by atoms with Crippen LogP contribution in [0.2, 0.25) is 0 Å². The third-order valence-corrected chi connectivity index (χ3v) is 5.61. The summed E-state index contributed by atoms with van der Waals surface area (Å²) in [6, 6.07) is 17.8. The van der Waals surface area contributed by atoms with Gasteiger partial charge in [-0.1, -0.05) is 60.7 Å². The normalized spacial score (nSPS) is 20.6. The van der Waals surface area contributed by atoms with Crippen molar-refractivity contribution < 1.29 is 18.7 Å². The number of benzene rings is 2. The second-order valence-electron chi connectivity index (χ2n) is 6.40. The van der Waals surface area contributed by atoms with Gasteiger partial charge in [-0.2, -0.15) is 8.78 Å². The van der Waals surface area contributed by atoms with Gasteiger partial charge in [-0.25, -0.2) is 0 Å². The Morgan fingerprint density at radius 1 is 1.11 bits per heavy atom. The molecular formula is C21H21F2NO2S. The monoisotopic (exact) mass is 389 g/mol. The van der Waals surface area contributed by atoms with E-state index >= 15 is 0 Å². The van der Waals surface area contributed by atoms with E-state index in [1.807, 2.05) is 42.5 Å². The molecule has 1 aliphatic rings. The highest BCUT2D eigenvalue weighted by Gasteiger charge is 2.61. The third-order valence-electron chi connectivity index (χ3n) is 4.52. The number of likely N-dealkylation sites (tertiary alicyclic amines) is 1. The van der Waals surface area contributed by atoms with E-state index in [1.54, 1.807) is 30.3 Å². The van der Waals surface area contributed by atoms with Crippen LogP contribution in [0.15, 0.2) is 71.6 Å². The van der Waals surface area contributed by atoms with Gasteiger partial charge in [-0.15, -0.1) is 0 Å². The van der Waals surface area contributed by atoms with Gasteiger partial charge >= 0.3 is 5.25 Å². The van der Waals surface area contributed by atoms with E-state index in [1.165, 1.54) is 0 Å². The number of amides is 1. The lowest BCUT2D eigenvalue weighted by atomic mass is 10.1. The fourth-order valence-corrected chi connectivity index (χ4v) is 4.04. The molecule has 1 N–H and O–H groups in total. The van der Waals surface area contributed by atoms with Gasteiger partial charge in [0.2, 0.25) is 11.6 Å². The van der Waals surface area contributed by atoms with Crippen LogP contribution in [0.4, 0.5) is 8.78 Å². The summed E-state index contributed by atoms with van der Waals surface area (Å²) in [6.07, 6.45) is 3.72. The van der Waals surface area contributed by atoms with Crippen molar-refractivity contribution in [1.29, 1.82) is 0 Å². The molecule has 3 rings (SSSR count). The maximum atomic E-state index is 14.9. The highest BCUT2D eigenvalue weighted by Crippen LogP contribution is 2.49. The van der Waals surface area contributed by atoms with Gasteiger partial charge in [0, 0.05) is 24.3 Å². The number of carbonyl (C=O) groups excluding carboxylic acids is 1. The van der Waals surface area contributed by atoms with E-state index in [0.717, 1.165) is 10.5 Å². The third kappa shape index (κ3) is 4.39. The molecule has 3 nitrogen and oxygen atoms in total. The molecule has 2 aromatic rings. The minimum absolute atomic E-state index is 0.0452. The Bertz CT molecular complexity index is 798. The fourth-order valence-electron chi connectivity index (χ4n) is 3.08. The molecule has 1 atom stereocenters. The number of hydrogen-bond donors (Lipinski definition) is 1. The number of alkyl halides is 2. The maximum Gasteiger partial charge on any atom is 0.344 e. The van der Waals surface area contributed by atoms with Gasteiger partial charge < -0.3 is 10.0 Å². The molecule has 1 saturated heterocycles. The van der Waals surface area contributed by atoms with Crippen molar-refractivity contribution in [3.63, 3.8) is 0 Å². The molecule has 0 saturated carbocycles. The summed E-state index contributed by atoms with van der Waals surface area (Å²) < 4.78 is 29.8. The Labute approximate surface area is 161 Å². The number of aliphatic hydroxyl groups is 1. The van der Waals surface area contributed by atoms with Crippen LogP contribution in [0, 0.1) is 0 Å². The number of hydrogen-bond acceptors (Lipinski definition) is 3. The Kier molecular flexibility index (Phi) is 5.97. The summed E-state index contributed by atoms with van der Waals surface area (Å²) in [5, 5.41) is 7.23. The molecule has 1 unspecified atom stereocenters. The summed E-state index contributed by atoms with van der Waals surface area (Å²) >= 11 is 0.289. The molecule has 142 valence electrons. The van der Waals surface area contributed by atoms with Crippen molar-refractivity contribution >= 4 is 23.7 Å². The second kappa shape index (κ2) is 8.23. The molecule has 1 amide bonds. The van der Waals surface area contributed by atoms with E-state index in [2.05, 4.69) is 0 Å². The quantitative estimate of drug-likeness (QED) is 0.693. The highest BCUT2D eigenvalue weighted by atomic mass is 32.2. The Balaban J connectivity index is 1.69. The number of thioether (sulfide) groups is 1. The van der Waals surface area contributed by atoms with Gasteiger partial charge in [0.05, 0.1) is 0 Å². The lowest BCUT2D eigenvalue weighted by Crippen LogP contribution is -2.56. The van der Waals surface area contributed by atoms with Crippen molar-refractivity contribution in [1.82, 2.24) is 4.90 Å². The van der Waals surface area contributed by atoms with Crippen LogP contribution < -0.4 is 0 Å². The van der Waals surface area contributed by atoms with Gasteiger partial charge in [0.25, 0.3) is 0 Å². The first-order valence-corrected chi connectivity index (χ1v) is 9.60. The standard InChI is InChI=1S/C21H21F2NO2S/c22-21(23,27-18-12-5-2-6-13-18)20(26)15-14-19(25)24(20)16-8-7-11-17-9-3-1-4-10-17/h1-7,9-13,26H,8,14-16H2/b11-7+. The average molecular weight is 389 g/mol. The van der Waals surface area contributed by atoms with E-state index < -0.39 is 16.9 Å². The molecule has 0 radical (unpaired) electrons. The molecular weight excluding hydrogens is 368 g/mol. The zero-order valence-electron chi connectivity index (χ0n) is 14.7. The molecule has 0 bridgehead atoms. The zero-order valence-corrected chi connectivity index (χ0v) is 15.5. The molecule has 2 aromatic carbocycles. The van der Waals surface area contributed by atoms with Crippen LogP contribution >= 0.6 is 11.8 Å². The molecule has 0 spiro atoms. The first kappa shape index (κ1) is 19.6. The smallest absolute Gasteiger partial charge is 0.344 e. The summed E-state index contributed by atoms with van der Waals surface area (Å²) in [7, 11) is 0. The highest BCUT2D eigenvalue weighted by molar-refractivity contribution is 8.00. The first-order valence-electron chi connectivity index (χ1n) is 8.79. The van der Waals surface area contributed by atoms with Crippen molar-refractivity contribution in [2.75, 3.05) is 6.54 Å². The van der Waals surface area contributed by atoms with Crippen LogP contribution in [0.5, 0.6) is 0 Å². The average Bonchev–Trinajstić information content (AvgIpc) is 2.96. The lowest BCUT2D eigenvalue weighted by Gasteiger charge is -2.38. The lowest BCUT2D eigenvalue weighted by molar-refractivity contribution is -0.197. The van der Waals surface area contributed by atoms with E-state index in [-0.39, 0.29) is 31.1 Å². The maximum absolute atomic E-state index is 14.9. The van der Waals surface area contributed by atoms with E-state index in [0.29, 0.717) is 11.3 Å². The topological polar surface area (TPSA) is 40.5 Å². The van der Waals surface area contributed by atoms with Crippen molar-refractivity contribution in [2.24, 2.45) is 0 Å². The van der Waals surface area contributed by atoms with E-state index in [4.69, 9.17) is 0 Å². The van der Waals surface area contributed by atoms with Gasteiger partial charge in [-0.05, 0) is 35.9 Å². The molecule has 0 aliphatic carbocycles. The largest absolute Gasteiger partial charge is 0.365 e. The van der Waals surface area contributed by atoms with E-state index in [9.17, 15) is 18.7 Å². The van der Waals surface area contributed by atoms with Crippen molar-refractivity contribution in [3.8, 4) is 0 Å². The molecule has 0 aromatic heterocycles. The number of nitrogens with zero attached hydrogens (tertiary/aromatic N) is 1. The summed E-state index contributed by atoms with van der Waals surface area (Å²) in [5.74, 6) is -0.445. The van der Waals surface area contributed by atoms with Crippen LogP contribution in [0.25, 0.3) is 6.08 Å². The Morgan fingerprint density at radius 3 is 2.41 bits per heavy atom. The fraction of sp³-hybridized carbons (Fsp3) is 0.286. The van der Waals surface area contributed by atoms with Gasteiger partial charge in [-0.3, -0.25) is 4.79 Å². The predicted octanol–water partition coefficient (Wildman–Crippen LogP) is 4.79. The Morgan fingerprint density at radius 2 is 1.74 bits per heavy atom. The zero-order chi connectivity index (χ0) is 19.3. The SMILES string of the molecule is O=C1CCC(O)(C(F)(F)Sc2ccccc2)N1CC/C=C/c1ccccc1. The summed E-state index contributed by atoms with van der Waals surface area (Å²) in [6.45, 7) is 0.0452. The molecule has 6 heteroatoms. The van der Waals surface area contributed by atoms with Crippen LogP contribution in [0.1, 0.15) is 24.8 Å².